The van der Waals surface area contributed by atoms with Crippen LogP contribution in [0.2, 0.25) is 0 Å². The molecule has 0 aliphatic carbocycles. The van der Waals surface area contributed by atoms with Crippen LogP contribution in [0, 0.1) is 0 Å². The van der Waals surface area contributed by atoms with Gasteiger partial charge < -0.3 is 15.1 Å². The zero-order valence-electron chi connectivity index (χ0n) is 15.3. The van der Waals surface area contributed by atoms with E-state index in [4.69, 9.17) is 10.2 Å². The van der Waals surface area contributed by atoms with Crippen LogP contribution in [0.4, 0.5) is 0 Å². The van der Waals surface area contributed by atoms with Crippen molar-refractivity contribution >= 4 is 11.1 Å². The van der Waals surface area contributed by atoms with Crippen molar-refractivity contribution < 1.29 is 4.42 Å². The second-order valence-electron chi connectivity index (χ2n) is 7.23. The van der Waals surface area contributed by atoms with E-state index in [1.54, 1.807) is 0 Å². The topological polar surface area (TPSA) is 58.5 Å². The fraction of sp³-hybridized carbons (Fsp3) is 0.381. The maximum atomic E-state index is 6.32. The van der Waals surface area contributed by atoms with E-state index in [2.05, 4.69) is 46.1 Å². The van der Waals surface area contributed by atoms with E-state index in [9.17, 15) is 0 Å². The molecule has 2 N–H and O–H groups in total. The first-order chi connectivity index (χ1) is 12.7. The molecule has 3 aromatic rings. The molecule has 5 heteroatoms. The quantitative estimate of drug-likeness (QED) is 0.767. The van der Waals surface area contributed by atoms with Gasteiger partial charge >= 0.3 is 0 Å². The van der Waals surface area contributed by atoms with Gasteiger partial charge in [-0.05, 0) is 36.7 Å². The summed E-state index contributed by atoms with van der Waals surface area (Å²) in [5, 5.41) is 0. The van der Waals surface area contributed by atoms with Gasteiger partial charge in [0.2, 0.25) is 5.89 Å². The molecule has 1 unspecified atom stereocenters. The van der Waals surface area contributed by atoms with Gasteiger partial charge in [0.25, 0.3) is 0 Å². The molecule has 1 aliphatic heterocycles. The van der Waals surface area contributed by atoms with Crippen LogP contribution in [0.1, 0.15) is 23.1 Å². The zero-order valence-corrected chi connectivity index (χ0v) is 15.3. The van der Waals surface area contributed by atoms with Gasteiger partial charge in [-0.3, -0.25) is 4.90 Å². The summed E-state index contributed by atoms with van der Waals surface area (Å²) in [5.74, 6) is 0.612. The molecule has 0 spiro atoms. The molecular formula is C21H26N4O. The molecule has 0 bridgehead atoms. The first kappa shape index (κ1) is 17.2. The molecule has 1 fully saturated rings. The van der Waals surface area contributed by atoms with E-state index in [0.29, 0.717) is 5.89 Å². The van der Waals surface area contributed by atoms with Crippen molar-refractivity contribution in [2.45, 2.75) is 19.0 Å². The average molecular weight is 350 g/mol. The van der Waals surface area contributed by atoms with Crippen LogP contribution in [0.5, 0.6) is 0 Å². The highest BCUT2D eigenvalue weighted by atomic mass is 16.3. The van der Waals surface area contributed by atoms with Crippen LogP contribution in [0.3, 0.4) is 0 Å². The Labute approximate surface area is 154 Å². The Bertz CT molecular complexity index is 853. The summed E-state index contributed by atoms with van der Waals surface area (Å²) >= 11 is 0. The van der Waals surface area contributed by atoms with Crippen molar-refractivity contribution in [1.29, 1.82) is 0 Å². The SMILES string of the molecule is CN1CCN(Cc2ccc3oc(C(N)Cc4ccccc4)nc3c2)CC1. The molecule has 5 nitrogen and oxygen atoms in total. The summed E-state index contributed by atoms with van der Waals surface area (Å²) in [4.78, 5) is 9.52. The molecule has 0 saturated carbocycles. The molecule has 2 heterocycles. The largest absolute Gasteiger partial charge is 0.439 e. The number of fused-ring (bicyclic) bond motifs is 1. The second-order valence-corrected chi connectivity index (χ2v) is 7.23. The molecule has 1 saturated heterocycles. The molecular weight excluding hydrogens is 324 g/mol. The van der Waals surface area contributed by atoms with Crippen LogP contribution in [-0.2, 0) is 13.0 Å². The Morgan fingerprint density at radius 1 is 1.04 bits per heavy atom. The average Bonchev–Trinajstić information content (AvgIpc) is 3.08. The summed E-state index contributed by atoms with van der Waals surface area (Å²) in [7, 11) is 2.18. The normalized spacial score (nSPS) is 17.6. The molecule has 1 aliphatic rings. The van der Waals surface area contributed by atoms with Crippen LogP contribution in [-0.4, -0.2) is 48.0 Å². The third-order valence-electron chi connectivity index (χ3n) is 5.09. The summed E-state index contributed by atoms with van der Waals surface area (Å²) < 4.78 is 5.90. The molecule has 0 radical (unpaired) electrons. The van der Waals surface area contributed by atoms with E-state index in [0.717, 1.165) is 50.2 Å². The lowest BCUT2D eigenvalue weighted by Crippen LogP contribution is -2.43. The van der Waals surface area contributed by atoms with Gasteiger partial charge in [0.05, 0.1) is 6.04 Å². The molecule has 1 atom stereocenters. The summed E-state index contributed by atoms with van der Waals surface area (Å²) in [6.45, 7) is 5.44. The van der Waals surface area contributed by atoms with E-state index in [1.807, 2.05) is 24.3 Å². The fourth-order valence-corrected chi connectivity index (χ4v) is 3.47. The standard InChI is InChI=1S/C21H26N4O/c1-24-9-11-25(12-10-24)15-17-7-8-20-19(14-17)23-21(26-20)18(22)13-16-5-3-2-4-6-16/h2-8,14,18H,9-13,15,22H2,1H3. The van der Waals surface area contributed by atoms with Crippen LogP contribution < -0.4 is 5.73 Å². The van der Waals surface area contributed by atoms with E-state index in [1.165, 1.54) is 11.1 Å². The molecule has 1 aromatic heterocycles. The number of aromatic nitrogens is 1. The minimum Gasteiger partial charge on any atom is -0.439 e. The number of piperazine rings is 1. The van der Waals surface area contributed by atoms with Gasteiger partial charge in [-0.1, -0.05) is 36.4 Å². The van der Waals surface area contributed by atoms with Gasteiger partial charge in [0, 0.05) is 32.7 Å². The minimum absolute atomic E-state index is 0.231. The molecule has 136 valence electrons. The monoisotopic (exact) mass is 350 g/mol. The third kappa shape index (κ3) is 3.96. The van der Waals surface area contributed by atoms with Crippen molar-refractivity contribution in [2.75, 3.05) is 33.2 Å². The molecule has 26 heavy (non-hydrogen) atoms. The van der Waals surface area contributed by atoms with Crippen molar-refractivity contribution in [3.05, 3.63) is 65.5 Å². The lowest BCUT2D eigenvalue weighted by atomic mass is 10.1. The summed E-state index contributed by atoms with van der Waals surface area (Å²) in [6.07, 6.45) is 0.724. The number of hydrogen-bond donors (Lipinski definition) is 1. The van der Waals surface area contributed by atoms with Crippen molar-refractivity contribution in [2.24, 2.45) is 5.73 Å². The maximum absolute atomic E-state index is 6.32. The number of oxazole rings is 1. The van der Waals surface area contributed by atoms with E-state index >= 15 is 0 Å². The van der Waals surface area contributed by atoms with Crippen LogP contribution in [0.15, 0.2) is 52.9 Å². The van der Waals surface area contributed by atoms with E-state index < -0.39 is 0 Å². The summed E-state index contributed by atoms with van der Waals surface area (Å²) in [5.41, 5.74) is 10.5. The Balaban J connectivity index is 1.47. The predicted octanol–water partition coefficient (Wildman–Crippen LogP) is 2.82. The lowest BCUT2D eigenvalue weighted by molar-refractivity contribution is 0.148. The van der Waals surface area contributed by atoms with Crippen molar-refractivity contribution in [3.63, 3.8) is 0 Å². The summed E-state index contributed by atoms with van der Waals surface area (Å²) in [6, 6.07) is 16.3. The lowest BCUT2D eigenvalue weighted by Gasteiger charge is -2.32. The zero-order chi connectivity index (χ0) is 17.9. The Kier molecular flexibility index (Phi) is 5.02. The highest BCUT2D eigenvalue weighted by molar-refractivity contribution is 5.73. The van der Waals surface area contributed by atoms with Gasteiger partial charge in [-0.15, -0.1) is 0 Å². The number of nitrogens with two attached hydrogens (primary N) is 1. The van der Waals surface area contributed by atoms with Gasteiger partial charge in [0.15, 0.2) is 5.58 Å². The predicted molar refractivity (Wildman–Crippen MR) is 104 cm³/mol. The first-order valence-electron chi connectivity index (χ1n) is 9.27. The second kappa shape index (κ2) is 7.58. The van der Waals surface area contributed by atoms with Gasteiger partial charge in [-0.25, -0.2) is 4.98 Å². The third-order valence-corrected chi connectivity index (χ3v) is 5.09. The fourth-order valence-electron chi connectivity index (χ4n) is 3.47. The Morgan fingerprint density at radius 3 is 2.58 bits per heavy atom. The van der Waals surface area contributed by atoms with Crippen molar-refractivity contribution in [1.82, 2.24) is 14.8 Å². The van der Waals surface area contributed by atoms with Crippen LogP contribution in [0.25, 0.3) is 11.1 Å². The number of nitrogens with zero attached hydrogens (tertiary/aromatic N) is 3. The Hall–Kier alpha value is -2.21. The number of likely N-dealkylation sites (N-methyl/N-ethyl adjacent to an activating group) is 1. The smallest absolute Gasteiger partial charge is 0.212 e. The van der Waals surface area contributed by atoms with Crippen LogP contribution >= 0.6 is 0 Å². The highest BCUT2D eigenvalue weighted by Gasteiger charge is 2.17. The number of rotatable bonds is 5. The van der Waals surface area contributed by atoms with Gasteiger partial charge in [0.1, 0.15) is 5.52 Å². The molecule has 4 rings (SSSR count). The minimum atomic E-state index is -0.231. The number of hydrogen-bond acceptors (Lipinski definition) is 5. The van der Waals surface area contributed by atoms with Gasteiger partial charge in [-0.2, -0.15) is 0 Å². The first-order valence-corrected chi connectivity index (χ1v) is 9.27. The maximum Gasteiger partial charge on any atom is 0.212 e. The number of benzene rings is 2. The molecule has 2 aromatic carbocycles. The Morgan fingerprint density at radius 2 is 1.81 bits per heavy atom. The van der Waals surface area contributed by atoms with E-state index in [-0.39, 0.29) is 6.04 Å². The molecule has 0 amide bonds. The highest BCUT2D eigenvalue weighted by Crippen LogP contribution is 2.23. The van der Waals surface area contributed by atoms with Crippen molar-refractivity contribution in [3.8, 4) is 0 Å².